The molecule has 9 heteroatoms. The van der Waals surface area contributed by atoms with Crippen LogP contribution >= 0.6 is 0 Å². The smallest absolute Gasteiger partial charge is 0.326 e. The number of halogens is 5. The lowest BCUT2D eigenvalue weighted by Crippen LogP contribution is -2.42. The number of nitrogens with one attached hydrogen (secondary N) is 1. The molecule has 0 saturated carbocycles. The summed E-state index contributed by atoms with van der Waals surface area (Å²) in [6.07, 6.45) is -1.13. The Labute approximate surface area is 137 Å². The molecule has 2 aromatic rings. The SMILES string of the molecule is O=C(N[C@@H](Cc1c(F)c(F)c(F)c(F)c1F)C(=O)O)c1ccccc1. The summed E-state index contributed by atoms with van der Waals surface area (Å²) in [4.78, 5) is 23.1. The van der Waals surface area contributed by atoms with E-state index >= 15 is 0 Å². The van der Waals surface area contributed by atoms with Crippen LogP contribution in [-0.4, -0.2) is 23.0 Å². The molecule has 0 aliphatic carbocycles. The van der Waals surface area contributed by atoms with Crippen LogP contribution in [0.15, 0.2) is 30.3 Å². The maximum atomic E-state index is 13.7. The molecule has 4 nitrogen and oxygen atoms in total. The highest BCUT2D eigenvalue weighted by molar-refractivity contribution is 5.96. The second-order valence-corrected chi connectivity index (χ2v) is 4.98. The molecule has 0 bridgehead atoms. The quantitative estimate of drug-likeness (QED) is 0.490. The number of aliphatic carboxylic acids is 1. The molecule has 0 aromatic heterocycles. The fraction of sp³-hybridized carbons (Fsp3) is 0.125. The first-order valence-corrected chi connectivity index (χ1v) is 6.83. The van der Waals surface area contributed by atoms with Gasteiger partial charge in [-0.15, -0.1) is 0 Å². The Hall–Kier alpha value is -2.97. The fourth-order valence-corrected chi connectivity index (χ4v) is 2.06. The normalized spacial score (nSPS) is 11.9. The number of carbonyl (C=O) groups excluding carboxylic acids is 1. The van der Waals surface area contributed by atoms with Gasteiger partial charge in [0.25, 0.3) is 5.91 Å². The second-order valence-electron chi connectivity index (χ2n) is 4.98. The Morgan fingerprint density at radius 2 is 1.36 bits per heavy atom. The number of carboxylic acid groups (broad SMARTS) is 1. The molecular formula is C16H10F5NO3. The van der Waals surface area contributed by atoms with Crippen LogP contribution in [0.3, 0.4) is 0 Å². The van der Waals surface area contributed by atoms with E-state index in [9.17, 15) is 31.5 Å². The van der Waals surface area contributed by atoms with Crippen molar-refractivity contribution in [3.05, 3.63) is 70.5 Å². The molecule has 0 spiro atoms. The summed E-state index contributed by atoms with van der Waals surface area (Å²) in [5.74, 6) is -13.6. The van der Waals surface area contributed by atoms with Gasteiger partial charge in [0, 0.05) is 17.5 Å². The molecule has 2 N–H and O–H groups in total. The molecule has 0 aliphatic rings. The van der Waals surface area contributed by atoms with Gasteiger partial charge in [-0.25, -0.2) is 26.7 Å². The number of hydrogen-bond donors (Lipinski definition) is 2. The van der Waals surface area contributed by atoms with Crippen molar-refractivity contribution in [2.75, 3.05) is 0 Å². The van der Waals surface area contributed by atoms with Crippen molar-refractivity contribution < 1.29 is 36.6 Å². The van der Waals surface area contributed by atoms with Gasteiger partial charge in [0.15, 0.2) is 23.3 Å². The Kier molecular flexibility index (Phi) is 5.35. The number of rotatable bonds is 5. The molecule has 25 heavy (non-hydrogen) atoms. The van der Waals surface area contributed by atoms with E-state index < -0.39 is 59.0 Å². The number of amides is 1. The van der Waals surface area contributed by atoms with Crippen molar-refractivity contribution in [2.45, 2.75) is 12.5 Å². The summed E-state index contributed by atoms with van der Waals surface area (Å²) < 4.78 is 66.7. The molecule has 0 unspecified atom stereocenters. The highest BCUT2D eigenvalue weighted by atomic mass is 19.2. The number of carbonyl (C=O) groups is 2. The first-order valence-electron chi connectivity index (χ1n) is 6.83. The maximum Gasteiger partial charge on any atom is 0.326 e. The Morgan fingerprint density at radius 3 is 1.84 bits per heavy atom. The highest BCUT2D eigenvalue weighted by Gasteiger charge is 2.30. The number of carboxylic acids is 1. The van der Waals surface area contributed by atoms with Gasteiger partial charge in [0.05, 0.1) is 0 Å². The molecule has 0 fully saturated rings. The zero-order chi connectivity index (χ0) is 18.7. The number of benzene rings is 2. The van der Waals surface area contributed by atoms with Gasteiger partial charge >= 0.3 is 5.97 Å². The minimum Gasteiger partial charge on any atom is -0.480 e. The summed E-state index contributed by atoms with van der Waals surface area (Å²) in [5, 5.41) is 11.1. The topological polar surface area (TPSA) is 66.4 Å². The molecule has 132 valence electrons. The molecule has 0 heterocycles. The fourth-order valence-electron chi connectivity index (χ4n) is 2.06. The van der Waals surface area contributed by atoms with Crippen LogP contribution < -0.4 is 5.32 Å². The lowest BCUT2D eigenvalue weighted by molar-refractivity contribution is -0.139. The minimum atomic E-state index is -2.35. The maximum absolute atomic E-state index is 13.7. The Morgan fingerprint density at radius 1 is 0.880 bits per heavy atom. The molecule has 0 radical (unpaired) electrons. The van der Waals surface area contributed by atoms with Crippen LogP contribution in [-0.2, 0) is 11.2 Å². The highest BCUT2D eigenvalue weighted by Crippen LogP contribution is 2.24. The van der Waals surface area contributed by atoms with Crippen molar-refractivity contribution in [3.63, 3.8) is 0 Å². The third-order valence-electron chi connectivity index (χ3n) is 3.35. The van der Waals surface area contributed by atoms with Crippen molar-refractivity contribution in [1.82, 2.24) is 5.32 Å². The van der Waals surface area contributed by atoms with Gasteiger partial charge in [-0.1, -0.05) is 18.2 Å². The van der Waals surface area contributed by atoms with E-state index in [4.69, 9.17) is 5.11 Å². The predicted molar refractivity (Wildman–Crippen MR) is 75.3 cm³/mol. The lowest BCUT2D eigenvalue weighted by atomic mass is 10.0. The van der Waals surface area contributed by atoms with E-state index in [1.54, 1.807) is 6.07 Å². The van der Waals surface area contributed by atoms with E-state index in [-0.39, 0.29) is 5.56 Å². The summed E-state index contributed by atoms with van der Waals surface area (Å²) >= 11 is 0. The standard InChI is InChI=1S/C16H10F5NO3/c17-10-8(11(18)13(20)14(21)12(10)19)6-9(16(24)25)22-15(23)7-4-2-1-3-5-7/h1-5,9H,6H2,(H,22,23)(H,24,25)/t9-/m0/s1. The van der Waals surface area contributed by atoms with E-state index in [1.165, 1.54) is 24.3 Å². The first kappa shape index (κ1) is 18.4. The summed E-state index contributed by atoms with van der Waals surface area (Å²) in [7, 11) is 0. The summed E-state index contributed by atoms with van der Waals surface area (Å²) in [5.41, 5.74) is -1.26. The predicted octanol–water partition coefficient (Wildman–Crippen LogP) is 2.81. The van der Waals surface area contributed by atoms with Crippen molar-refractivity contribution in [2.24, 2.45) is 0 Å². The van der Waals surface area contributed by atoms with Crippen LogP contribution in [0.5, 0.6) is 0 Å². The summed E-state index contributed by atoms with van der Waals surface area (Å²) in [6, 6.07) is 5.39. The average Bonchev–Trinajstić information content (AvgIpc) is 2.61. The van der Waals surface area contributed by atoms with Crippen molar-refractivity contribution in [3.8, 4) is 0 Å². The van der Waals surface area contributed by atoms with E-state index in [0.717, 1.165) is 0 Å². The summed E-state index contributed by atoms with van der Waals surface area (Å²) in [6.45, 7) is 0. The second kappa shape index (κ2) is 7.29. The van der Waals surface area contributed by atoms with Gasteiger partial charge in [-0.05, 0) is 12.1 Å². The molecule has 1 amide bonds. The van der Waals surface area contributed by atoms with Crippen LogP contribution in [0, 0.1) is 29.1 Å². The third kappa shape index (κ3) is 3.76. The van der Waals surface area contributed by atoms with E-state index in [1.807, 2.05) is 5.32 Å². The number of hydrogen-bond acceptors (Lipinski definition) is 2. The zero-order valence-corrected chi connectivity index (χ0v) is 12.3. The molecule has 0 saturated heterocycles. The van der Waals surface area contributed by atoms with Crippen molar-refractivity contribution >= 4 is 11.9 Å². The molecule has 1 atom stereocenters. The van der Waals surface area contributed by atoms with Crippen LogP contribution in [0.4, 0.5) is 22.0 Å². The van der Waals surface area contributed by atoms with Crippen LogP contribution in [0.1, 0.15) is 15.9 Å². The average molecular weight is 359 g/mol. The third-order valence-corrected chi connectivity index (χ3v) is 3.35. The first-order chi connectivity index (χ1) is 11.7. The van der Waals surface area contributed by atoms with Crippen LogP contribution in [0.2, 0.25) is 0 Å². The van der Waals surface area contributed by atoms with E-state index in [0.29, 0.717) is 0 Å². The van der Waals surface area contributed by atoms with Gasteiger partial charge < -0.3 is 10.4 Å². The van der Waals surface area contributed by atoms with Gasteiger partial charge in [0.2, 0.25) is 5.82 Å². The van der Waals surface area contributed by atoms with Crippen molar-refractivity contribution in [1.29, 1.82) is 0 Å². The lowest BCUT2D eigenvalue weighted by Gasteiger charge is -2.16. The molecule has 2 rings (SSSR count). The molecular weight excluding hydrogens is 349 g/mol. The van der Waals surface area contributed by atoms with Crippen LogP contribution in [0.25, 0.3) is 0 Å². The monoisotopic (exact) mass is 359 g/mol. The van der Waals surface area contributed by atoms with Gasteiger partial charge in [-0.3, -0.25) is 4.79 Å². The molecule has 2 aromatic carbocycles. The van der Waals surface area contributed by atoms with Gasteiger partial charge in [-0.2, -0.15) is 0 Å². The Bertz CT molecular complexity index is 797. The Balaban J connectivity index is 2.32. The zero-order valence-electron chi connectivity index (χ0n) is 12.3. The van der Waals surface area contributed by atoms with Gasteiger partial charge in [0.1, 0.15) is 6.04 Å². The molecule has 0 aliphatic heterocycles. The largest absolute Gasteiger partial charge is 0.480 e. The van der Waals surface area contributed by atoms with E-state index in [2.05, 4.69) is 0 Å². The minimum absolute atomic E-state index is 0.0613.